The summed E-state index contributed by atoms with van der Waals surface area (Å²) in [4.78, 5) is 0. The lowest BCUT2D eigenvalue weighted by Gasteiger charge is -2.15. The minimum absolute atomic E-state index is 0.139. The van der Waals surface area contributed by atoms with Gasteiger partial charge in [0, 0.05) is 24.7 Å². The largest absolute Gasteiger partial charge is 0.387 e. The molecule has 0 bridgehead atoms. The quantitative estimate of drug-likeness (QED) is 0.829. The van der Waals surface area contributed by atoms with Crippen molar-refractivity contribution in [2.45, 2.75) is 25.9 Å². The maximum Gasteiger partial charge on any atom is 0.131 e. The van der Waals surface area contributed by atoms with E-state index in [1.54, 1.807) is 0 Å². The van der Waals surface area contributed by atoms with Gasteiger partial charge in [0.2, 0.25) is 0 Å². The second kappa shape index (κ2) is 4.70. The highest BCUT2D eigenvalue weighted by Crippen LogP contribution is 2.44. The molecule has 2 rings (SSSR count). The van der Waals surface area contributed by atoms with Gasteiger partial charge >= 0.3 is 0 Å². The third kappa shape index (κ3) is 3.23. The number of nitrogens with one attached hydrogen (secondary N) is 1. The van der Waals surface area contributed by atoms with E-state index in [0.717, 1.165) is 18.7 Å². The van der Waals surface area contributed by atoms with Crippen molar-refractivity contribution in [1.82, 2.24) is 5.32 Å². The van der Waals surface area contributed by atoms with E-state index in [0.29, 0.717) is 5.41 Å². The number of hydrogen-bond donors (Lipinski definition) is 2. The van der Waals surface area contributed by atoms with E-state index in [4.69, 9.17) is 0 Å². The van der Waals surface area contributed by atoms with Gasteiger partial charge in [0.05, 0.1) is 6.10 Å². The Morgan fingerprint density at radius 1 is 1.41 bits per heavy atom. The first kappa shape index (κ1) is 12.5. The van der Waals surface area contributed by atoms with Gasteiger partial charge in [-0.05, 0) is 24.3 Å². The lowest BCUT2D eigenvalue weighted by atomic mass is 10.1. The molecule has 1 aliphatic carbocycles. The molecule has 1 unspecified atom stereocenters. The second-order valence-corrected chi connectivity index (χ2v) is 5.12. The van der Waals surface area contributed by atoms with Crippen LogP contribution in [0.4, 0.5) is 8.78 Å². The Hall–Kier alpha value is -1.00. The summed E-state index contributed by atoms with van der Waals surface area (Å²) >= 11 is 0. The molecule has 2 N–H and O–H groups in total. The number of rotatable bonds is 5. The molecule has 0 heterocycles. The van der Waals surface area contributed by atoms with E-state index < -0.39 is 17.7 Å². The molecule has 1 aliphatic rings. The highest BCUT2D eigenvalue weighted by Gasteiger charge is 2.36. The van der Waals surface area contributed by atoms with E-state index in [1.165, 1.54) is 18.9 Å². The Morgan fingerprint density at radius 2 is 2.12 bits per heavy atom. The summed E-state index contributed by atoms with van der Waals surface area (Å²) in [5.41, 5.74) is 0.487. The van der Waals surface area contributed by atoms with E-state index in [9.17, 15) is 13.9 Å². The summed E-state index contributed by atoms with van der Waals surface area (Å²) in [5, 5.41) is 12.9. The van der Waals surface area contributed by atoms with Gasteiger partial charge in [-0.2, -0.15) is 0 Å². The predicted molar refractivity (Wildman–Crippen MR) is 61.5 cm³/mol. The fourth-order valence-corrected chi connectivity index (χ4v) is 1.78. The third-order valence-electron chi connectivity index (χ3n) is 3.31. The number of halogens is 2. The number of benzene rings is 1. The van der Waals surface area contributed by atoms with Crippen LogP contribution in [0.3, 0.4) is 0 Å². The summed E-state index contributed by atoms with van der Waals surface area (Å²) in [5.74, 6) is -1.33. The zero-order valence-electron chi connectivity index (χ0n) is 9.84. The maximum absolute atomic E-state index is 13.3. The first-order valence-electron chi connectivity index (χ1n) is 5.84. The first-order valence-corrected chi connectivity index (χ1v) is 5.84. The topological polar surface area (TPSA) is 32.3 Å². The maximum atomic E-state index is 13.3. The monoisotopic (exact) mass is 241 g/mol. The summed E-state index contributed by atoms with van der Waals surface area (Å²) in [6, 6.07) is 3.24. The van der Waals surface area contributed by atoms with Gasteiger partial charge in [0.15, 0.2) is 0 Å². The number of aliphatic hydroxyl groups is 1. The Bertz CT molecular complexity index is 404. The van der Waals surface area contributed by atoms with E-state index in [-0.39, 0.29) is 12.1 Å². The molecule has 1 saturated carbocycles. The van der Waals surface area contributed by atoms with Crippen LogP contribution in [0, 0.1) is 17.0 Å². The summed E-state index contributed by atoms with van der Waals surface area (Å²) < 4.78 is 26.0. The molecule has 4 heteroatoms. The molecule has 0 spiro atoms. The van der Waals surface area contributed by atoms with Crippen LogP contribution >= 0.6 is 0 Å². The summed E-state index contributed by atoms with van der Waals surface area (Å²) in [6.07, 6.45) is 1.46. The molecule has 2 nitrogen and oxygen atoms in total. The third-order valence-corrected chi connectivity index (χ3v) is 3.31. The average Bonchev–Trinajstić information content (AvgIpc) is 2.96. The van der Waals surface area contributed by atoms with Crippen molar-refractivity contribution in [3.8, 4) is 0 Å². The molecule has 0 radical (unpaired) electrons. The minimum atomic E-state index is -0.932. The van der Waals surface area contributed by atoms with Crippen LogP contribution in [0.2, 0.25) is 0 Å². The lowest BCUT2D eigenvalue weighted by molar-refractivity contribution is 0.168. The molecule has 94 valence electrons. The Balaban J connectivity index is 1.87. The van der Waals surface area contributed by atoms with Crippen molar-refractivity contribution in [3.63, 3.8) is 0 Å². The van der Waals surface area contributed by atoms with Gasteiger partial charge in [0.1, 0.15) is 11.6 Å². The van der Waals surface area contributed by atoms with Crippen LogP contribution in [0.15, 0.2) is 18.2 Å². The first-order chi connectivity index (χ1) is 8.00. The van der Waals surface area contributed by atoms with Gasteiger partial charge in [-0.15, -0.1) is 0 Å². The molecule has 0 aliphatic heterocycles. The van der Waals surface area contributed by atoms with Crippen molar-refractivity contribution < 1.29 is 13.9 Å². The van der Waals surface area contributed by atoms with Gasteiger partial charge in [-0.3, -0.25) is 0 Å². The van der Waals surface area contributed by atoms with E-state index >= 15 is 0 Å². The Morgan fingerprint density at radius 3 is 2.71 bits per heavy atom. The fourth-order valence-electron chi connectivity index (χ4n) is 1.78. The predicted octanol–water partition coefficient (Wildman–Crippen LogP) is 2.39. The normalized spacial score (nSPS) is 19.1. The molecule has 1 atom stereocenters. The van der Waals surface area contributed by atoms with Gasteiger partial charge in [-0.25, -0.2) is 8.78 Å². The van der Waals surface area contributed by atoms with Crippen LogP contribution < -0.4 is 5.32 Å². The van der Waals surface area contributed by atoms with Gasteiger partial charge in [-0.1, -0.05) is 13.0 Å². The second-order valence-electron chi connectivity index (χ2n) is 5.12. The van der Waals surface area contributed by atoms with Gasteiger partial charge < -0.3 is 10.4 Å². The van der Waals surface area contributed by atoms with Crippen LogP contribution in [-0.4, -0.2) is 18.2 Å². The highest BCUT2D eigenvalue weighted by atomic mass is 19.1. The van der Waals surface area contributed by atoms with Crippen molar-refractivity contribution in [3.05, 3.63) is 35.4 Å². The van der Waals surface area contributed by atoms with E-state index in [1.807, 2.05) is 0 Å². The van der Waals surface area contributed by atoms with Crippen LogP contribution in [0.25, 0.3) is 0 Å². The molecular weight excluding hydrogens is 224 g/mol. The Labute approximate surface area is 99.7 Å². The molecule has 1 fully saturated rings. The molecule has 0 aromatic heterocycles. The fraction of sp³-hybridized carbons (Fsp3) is 0.538. The van der Waals surface area contributed by atoms with Gasteiger partial charge in [0.25, 0.3) is 0 Å². The zero-order valence-corrected chi connectivity index (χ0v) is 9.84. The number of hydrogen-bond acceptors (Lipinski definition) is 2. The number of aliphatic hydroxyl groups excluding tert-OH is 1. The van der Waals surface area contributed by atoms with Crippen molar-refractivity contribution in [2.24, 2.45) is 5.41 Å². The SMILES string of the molecule is CC1(CNCC(O)c2ccc(F)cc2F)CC1. The molecule has 0 amide bonds. The molecule has 17 heavy (non-hydrogen) atoms. The van der Waals surface area contributed by atoms with Crippen LogP contribution in [-0.2, 0) is 0 Å². The average molecular weight is 241 g/mol. The highest BCUT2D eigenvalue weighted by molar-refractivity contribution is 5.21. The standard InChI is InChI=1S/C13H17F2NO/c1-13(4-5-13)8-16-7-12(17)10-3-2-9(14)6-11(10)15/h2-3,6,12,16-17H,4-5,7-8H2,1H3. The molecule has 1 aromatic carbocycles. The zero-order chi connectivity index (χ0) is 12.5. The van der Waals surface area contributed by atoms with Crippen molar-refractivity contribution in [2.75, 3.05) is 13.1 Å². The summed E-state index contributed by atoms with van der Waals surface area (Å²) in [6.45, 7) is 3.29. The van der Waals surface area contributed by atoms with Crippen LogP contribution in [0.5, 0.6) is 0 Å². The molecule has 1 aromatic rings. The summed E-state index contributed by atoms with van der Waals surface area (Å²) in [7, 11) is 0. The van der Waals surface area contributed by atoms with Crippen molar-refractivity contribution >= 4 is 0 Å². The van der Waals surface area contributed by atoms with Crippen LogP contribution in [0.1, 0.15) is 31.4 Å². The smallest absolute Gasteiger partial charge is 0.131 e. The molecule has 0 saturated heterocycles. The molecular formula is C13H17F2NO. The minimum Gasteiger partial charge on any atom is -0.387 e. The Kier molecular flexibility index (Phi) is 3.45. The lowest BCUT2D eigenvalue weighted by Crippen LogP contribution is -2.27. The van der Waals surface area contributed by atoms with Crippen molar-refractivity contribution in [1.29, 1.82) is 0 Å². The van der Waals surface area contributed by atoms with E-state index in [2.05, 4.69) is 12.2 Å².